The second kappa shape index (κ2) is 11.3. The first-order chi connectivity index (χ1) is 15.4. The van der Waals surface area contributed by atoms with E-state index in [1.807, 2.05) is 0 Å². The van der Waals surface area contributed by atoms with E-state index in [-0.39, 0.29) is 6.42 Å². The lowest BCUT2D eigenvalue weighted by Crippen LogP contribution is -2.60. The van der Waals surface area contributed by atoms with E-state index in [4.69, 9.17) is 14.7 Å². The number of nitrogens with zero attached hydrogens (tertiary/aromatic N) is 3. The highest BCUT2D eigenvalue weighted by Crippen LogP contribution is 2.26. The van der Waals surface area contributed by atoms with E-state index in [1.54, 1.807) is 40.6 Å². The number of hydroxylamine groups is 1. The molecule has 1 aliphatic heterocycles. The van der Waals surface area contributed by atoms with Crippen LogP contribution in [0.15, 0.2) is 30.5 Å². The van der Waals surface area contributed by atoms with Crippen molar-refractivity contribution >= 4 is 5.91 Å². The quantitative estimate of drug-likeness (QED) is 0.152. The number of rotatable bonds is 10. The lowest BCUT2D eigenvalue weighted by atomic mass is 9.99. The van der Waals surface area contributed by atoms with Gasteiger partial charge in [0.25, 0.3) is 0 Å². The molecule has 12 nitrogen and oxygen atoms in total. The SMILES string of the molecule is O=C(CCCCCn1cc(-c2ccc(O[C@H]3O[C@H](CO)[C@@H](O)[C@H](O)[C@@H]3O)cc2)nn1)NO. The van der Waals surface area contributed by atoms with Gasteiger partial charge in [0, 0.05) is 18.5 Å². The van der Waals surface area contributed by atoms with Gasteiger partial charge in [0.15, 0.2) is 0 Å². The second-order valence-corrected chi connectivity index (χ2v) is 7.55. The number of aryl methyl sites for hydroxylation is 1. The van der Waals surface area contributed by atoms with Crippen molar-refractivity contribution in [2.45, 2.75) is 62.9 Å². The molecule has 0 spiro atoms. The monoisotopic (exact) mass is 452 g/mol. The van der Waals surface area contributed by atoms with Crippen molar-refractivity contribution in [3.63, 3.8) is 0 Å². The fourth-order valence-corrected chi connectivity index (χ4v) is 3.34. The molecule has 0 saturated carbocycles. The van der Waals surface area contributed by atoms with E-state index in [1.165, 1.54) is 0 Å². The van der Waals surface area contributed by atoms with Crippen molar-refractivity contribution in [2.75, 3.05) is 6.61 Å². The van der Waals surface area contributed by atoms with E-state index in [0.29, 0.717) is 24.4 Å². The van der Waals surface area contributed by atoms with Gasteiger partial charge >= 0.3 is 0 Å². The fourth-order valence-electron chi connectivity index (χ4n) is 3.34. The lowest BCUT2D eigenvalue weighted by Gasteiger charge is -2.39. The first-order valence-corrected chi connectivity index (χ1v) is 10.3. The van der Waals surface area contributed by atoms with Crippen molar-refractivity contribution in [2.24, 2.45) is 0 Å². The van der Waals surface area contributed by atoms with Crippen LogP contribution in [-0.4, -0.2) is 83.8 Å². The molecule has 2 heterocycles. The zero-order valence-corrected chi connectivity index (χ0v) is 17.3. The highest BCUT2D eigenvalue weighted by molar-refractivity contribution is 5.74. The number of hydrogen-bond acceptors (Lipinski definition) is 10. The molecule has 0 aliphatic carbocycles. The minimum absolute atomic E-state index is 0.274. The van der Waals surface area contributed by atoms with Crippen LogP contribution in [0.5, 0.6) is 5.75 Å². The Morgan fingerprint density at radius 2 is 1.84 bits per heavy atom. The number of ether oxygens (including phenoxy) is 2. The zero-order valence-electron chi connectivity index (χ0n) is 17.3. The molecular formula is C20H28N4O8. The highest BCUT2D eigenvalue weighted by atomic mass is 16.7. The molecule has 6 N–H and O–H groups in total. The Morgan fingerprint density at radius 3 is 2.53 bits per heavy atom. The summed E-state index contributed by atoms with van der Waals surface area (Å²) in [4.78, 5) is 11.0. The van der Waals surface area contributed by atoms with Gasteiger partial charge in [0.1, 0.15) is 35.9 Å². The first kappa shape index (κ1) is 24.0. The minimum atomic E-state index is -1.51. The number of unbranched alkanes of at least 4 members (excludes halogenated alkanes) is 2. The van der Waals surface area contributed by atoms with Crippen LogP contribution in [0.4, 0.5) is 0 Å². The fraction of sp³-hybridized carbons (Fsp3) is 0.550. The van der Waals surface area contributed by atoms with E-state index < -0.39 is 43.2 Å². The van der Waals surface area contributed by atoms with Gasteiger partial charge in [0.2, 0.25) is 12.2 Å². The summed E-state index contributed by atoms with van der Waals surface area (Å²) >= 11 is 0. The van der Waals surface area contributed by atoms with E-state index in [2.05, 4.69) is 10.3 Å². The number of benzene rings is 1. The van der Waals surface area contributed by atoms with E-state index >= 15 is 0 Å². The minimum Gasteiger partial charge on any atom is -0.462 e. The molecule has 1 aromatic heterocycles. The average molecular weight is 452 g/mol. The van der Waals surface area contributed by atoms with Gasteiger partial charge in [0.05, 0.1) is 12.8 Å². The molecule has 1 aromatic carbocycles. The van der Waals surface area contributed by atoms with Crippen LogP contribution >= 0.6 is 0 Å². The van der Waals surface area contributed by atoms with Crippen LogP contribution in [0.25, 0.3) is 11.3 Å². The van der Waals surface area contributed by atoms with Gasteiger partial charge in [-0.1, -0.05) is 11.6 Å². The normalized spacial score (nSPS) is 25.5. The third-order valence-corrected chi connectivity index (χ3v) is 5.21. The lowest BCUT2D eigenvalue weighted by molar-refractivity contribution is -0.277. The third kappa shape index (κ3) is 6.00. The van der Waals surface area contributed by atoms with Crippen molar-refractivity contribution in [1.29, 1.82) is 0 Å². The van der Waals surface area contributed by atoms with Crippen LogP contribution in [-0.2, 0) is 16.1 Å². The predicted molar refractivity (Wildman–Crippen MR) is 108 cm³/mol. The van der Waals surface area contributed by atoms with Gasteiger partial charge < -0.3 is 29.9 Å². The Bertz CT molecular complexity index is 860. The van der Waals surface area contributed by atoms with Crippen molar-refractivity contribution in [3.8, 4) is 17.0 Å². The van der Waals surface area contributed by atoms with Crippen molar-refractivity contribution in [3.05, 3.63) is 30.5 Å². The Labute approximate surface area is 184 Å². The van der Waals surface area contributed by atoms with Gasteiger partial charge in [-0.3, -0.25) is 14.7 Å². The average Bonchev–Trinajstić information content (AvgIpc) is 3.28. The molecule has 1 saturated heterocycles. The van der Waals surface area contributed by atoms with Gasteiger partial charge in [-0.15, -0.1) is 5.10 Å². The number of aliphatic hydroxyl groups is 4. The first-order valence-electron chi connectivity index (χ1n) is 10.3. The summed E-state index contributed by atoms with van der Waals surface area (Å²) in [6.07, 6.45) is -2.36. The number of aromatic nitrogens is 3. The summed E-state index contributed by atoms with van der Waals surface area (Å²) in [5.74, 6) is -0.0376. The molecular weight excluding hydrogens is 424 g/mol. The van der Waals surface area contributed by atoms with Crippen LogP contribution in [0.3, 0.4) is 0 Å². The summed E-state index contributed by atoms with van der Waals surface area (Å²) in [6, 6.07) is 6.78. The molecule has 1 amide bonds. The maximum atomic E-state index is 11.0. The maximum absolute atomic E-state index is 11.0. The van der Waals surface area contributed by atoms with Crippen molar-refractivity contribution < 1.29 is 39.9 Å². The molecule has 32 heavy (non-hydrogen) atoms. The molecule has 0 unspecified atom stereocenters. The van der Waals surface area contributed by atoms with E-state index in [0.717, 1.165) is 18.4 Å². The molecule has 3 rings (SSSR count). The van der Waals surface area contributed by atoms with Crippen LogP contribution in [0.2, 0.25) is 0 Å². The molecule has 1 aliphatic rings. The van der Waals surface area contributed by atoms with Gasteiger partial charge in [-0.05, 0) is 37.1 Å². The van der Waals surface area contributed by atoms with Crippen LogP contribution in [0, 0.1) is 0 Å². The number of nitrogens with one attached hydrogen (secondary N) is 1. The number of amides is 1. The Balaban J connectivity index is 1.52. The molecule has 0 radical (unpaired) electrons. The van der Waals surface area contributed by atoms with Gasteiger partial charge in [-0.25, -0.2) is 5.48 Å². The summed E-state index contributed by atoms with van der Waals surface area (Å²) in [5.41, 5.74) is 3.05. The van der Waals surface area contributed by atoms with Crippen molar-refractivity contribution in [1.82, 2.24) is 20.5 Å². The van der Waals surface area contributed by atoms with Crippen LogP contribution < -0.4 is 10.2 Å². The second-order valence-electron chi connectivity index (χ2n) is 7.55. The van der Waals surface area contributed by atoms with E-state index in [9.17, 15) is 25.2 Å². The topological polar surface area (TPSA) is 179 Å². The summed E-state index contributed by atoms with van der Waals surface area (Å²) in [6.45, 7) is 0.115. The van der Waals surface area contributed by atoms with Crippen LogP contribution in [0.1, 0.15) is 25.7 Å². The third-order valence-electron chi connectivity index (χ3n) is 5.21. The number of carbonyl (C=O) groups excluding carboxylic acids is 1. The number of hydrogen-bond donors (Lipinski definition) is 6. The Morgan fingerprint density at radius 1 is 1.09 bits per heavy atom. The standard InChI is InChI=1S/C20H28N4O8/c25-11-15-17(27)18(28)19(29)20(32-15)31-13-7-5-12(6-8-13)14-10-24(23-21-14)9-3-1-2-4-16(26)22-30/h5-8,10,15,17-20,25,27-30H,1-4,9,11H2,(H,22,26)/t15-,17-,18+,19+,20+/m1/s1. The smallest absolute Gasteiger partial charge is 0.243 e. The molecule has 5 atom stereocenters. The molecule has 2 aromatic rings. The Kier molecular flexibility index (Phi) is 8.50. The van der Waals surface area contributed by atoms with Gasteiger partial charge in [-0.2, -0.15) is 0 Å². The highest BCUT2D eigenvalue weighted by Gasteiger charge is 2.44. The molecule has 176 valence electrons. The summed E-state index contributed by atoms with van der Waals surface area (Å²) in [5, 5.41) is 55.7. The summed E-state index contributed by atoms with van der Waals surface area (Å²) in [7, 11) is 0. The molecule has 1 fully saturated rings. The summed E-state index contributed by atoms with van der Waals surface area (Å²) < 4.78 is 12.6. The molecule has 0 bridgehead atoms. The predicted octanol–water partition coefficient (Wildman–Crippen LogP) is -0.810. The number of aliphatic hydroxyl groups excluding tert-OH is 4. The number of carbonyl (C=O) groups is 1. The largest absolute Gasteiger partial charge is 0.462 e. The molecule has 12 heteroatoms. The Hall–Kier alpha value is -2.61. The zero-order chi connectivity index (χ0) is 23.1. The maximum Gasteiger partial charge on any atom is 0.243 e.